The second-order valence-corrected chi connectivity index (χ2v) is 4.05. The molecular weight excluding hydrogens is 154 g/mol. The zero-order valence-electron chi connectivity index (χ0n) is 8.26. The van der Waals surface area contributed by atoms with Crippen molar-refractivity contribution in [2.24, 2.45) is 0 Å². The van der Waals surface area contributed by atoms with Crippen LogP contribution in [-0.4, -0.2) is 4.74 Å². The largest absolute Gasteiger partial charge is 0.360 e. The summed E-state index contributed by atoms with van der Waals surface area (Å²) < 4.78 is 6.73. The third-order valence-corrected chi connectivity index (χ3v) is 1.94. The van der Waals surface area contributed by atoms with Gasteiger partial charge in [-0.1, -0.05) is 0 Å². The van der Waals surface area contributed by atoms with Crippen molar-refractivity contribution in [3.05, 3.63) is 21.7 Å². The van der Waals surface area contributed by atoms with Crippen LogP contribution in [-0.2, 0) is 5.54 Å². The highest BCUT2D eigenvalue weighted by Gasteiger charge is 2.20. The molecule has 0 spiro atoms. The van der Waals surface area contributed by atoms with Crippen molar-refractivity contribution in [1.29, 1.82) is 0 Å². The summed E-state index contributed by atoms with van der Waals surface area (Å²) in [5.74, 6) is 0. The SMILES string of the molecule is Cc1c(C)n(C(C)(C)C)oc1=O. The van der Waals surface area contributed by atoms with E-state index in [4.69, 9.17) is 4.52 Å². The highest BCUT2D eigenvalue weighted by molar-refractivity contribution is 5.12. The molecule has 68 valence electrons. The summed E-state index contributed by atoms with van der Waals surface area (Å²) in [5.41, 5.74) is 1.22. The zero-order valence-corrected chi connectivity index (χ0v) is 8.26. The van der Waals surface area contributed by atoms with Crippen LogP contribution in [0.1, 0.15) is 32.0 Å². The van der Waals surface area contributed by atoms with Crippen LogP contribution < -0.4 is 5.63 Å². The molecule has 0 radical (unpaired) electrons. The number of aromatic nitrogens is 1. The molecule has 12 heavy (non-hydrogen) atoms. The molecule has 0 unspecified atom stereocenters. The van der Waals surface area contributed by atoms with Gasteiger partial charge in [-0.3, -0.25) is 0 Å². The molecule has 0 aromatic carbocycles. The van der Waals surface area contributed by atoms with Crippen molar-refractivity contribution in [2.45, 2.75) is 40.2 Å². The van der Waals surface area contributed by atoms with E-state index >= 15 is 0 Å². The third-order valence-electron chi connectivity index (χ3n) is 1.94. The van der Waals surface area contributed by atoms with Crippen LogP contribution in [0.25, 0.3) is 0 Å². The Balaban J connectivity index is 3.38. The maximum Gasteiger partial charge on any atom is 0.360 e. The average Bonchev–Trinajstić information content (AvgIpc) is 2.15. The van der Waals surface area contributed by atoms with Gasteiger partial charge in [0.15, 0.2) is 0 Å². The monoisotopic (exact) mass is 169 g/mol. The maximum absolute atomic E-state index is 11.1. The second-order valence-electron chi connectivity index (χ2n) is 4.05. The number of rotatable bonds is 0. The van der Waals surface area contributed by atoms with E-state index in [0.29, 0.717) is 5.56 Å². The van der Waals surface area contributed by atoms with Gasteiger partial charge < -0.3 is 4.52 Å². The van der Waals surface area contributed by atoms with Crippen LogP contribution in [0.15, 0.2) is 9.32 Å². The van der Waals surface area contributed by atoms with Crippen molar-refractivity contribution in [3.63, 3.8) is 0 Å². The Morgan fingerprint density at radius 1 is 1.25 bits per heavy atom. The minimum atomic E-state index is -0.234. The molecule has 0 saturated heterocycles. The van der Waals surface area contributed by atoms with E-state index in [1.54, 1.807) is 11.7 Å². The molecule has 0 aliphatic rings. The minimum Gasteiger partial charge on any atom is -0.335 e. The summed E-state index contributed by atoms with van der Waals surface area (Å²) >= 11 is 0. The molecule has 1 aromatic rings. The van der Waals surface area contributed by atoms with Gasteiger partial charge in [0.05, 0.1) is 16.8 Å². The van der Waals surface area contributed by atoms with E-state index in [1.807, 2.05) is 27.7 Å². The summed E-state index contributed by atoms with van der Waals surface area (Å²) in [7, 11) is 0. The Kier molecular flexibility index (Phi) is 1.90. The molecule has 0 aliphatic carbocycles. The highest BCUT2D eigenvalue weighted by atomic mass is 16.5. The van der Waals surface area contributed by atoms with Crippen molar-refractivity contribution >= 4 is 0 Å². The van der Waals surface area contributed by atoms with Crippen molar-refractivity contribution in [3.8, 4) is 0 Å². The molecule has 3 nitrogen and oxygen atoms in total. The second kappa shape index (κ2) is 2.51. The lowest BCUT2D eigenvalue weighted by molar-refractivity contribution is 0.149. The predicted molar refractivity (Wildman–Crippen MR) is 47.4 cm³/mol. The van der Waals surface area contributed by atoms with Gasteiger partial charge >= 0.3 is 5.63 Å². The first-order valence-electron chi connectivity index (χ1n) is 4.04. The summed E-state index contributed by atoms with van der Waals surface area (Å²) in [6.45, 7) is 9.68. The Labute approximate surface area is 72.0 Å². The van der Waals surface area contributed by atoms with E-state index < -0.39 is 0 Å². The Morgan fingerprint density at radius 2 is 1.75 bits per heavy atom. The molecule has 3 heteroatoms. The zero-order chi connectivity index (χ0) is 9.52. The fourth-order valence-electron chi connectivity index (χ4n) is 1.16. The topological polar surface area (TPSA) is 35.1 Å². The summed E-state index contributed by atoms with van der Waals surface area (Å²) in [4.78, 5) is 11.1. The van der Waals surface area contributed by atoms with E-state index in [1.165, 1.54) is 0 Å². The first kappa shape index (κ1) is 9.10. The molecule has 0 fully saturated rings. The molecule has 0 aliphatic heterocycles. The van der Waals surface area contributed by atoms with Crippen LogP contribution >= 0.6 is 0 Å². The molecule has 1 heterocycles. The number of nitrogens with zero attached hydrogens (tertiary/aromatic N) is 1. The molecule has 1 rings (SSSR count). The fraction of sp³-hybridized carbons (Fsp3) is 0.667. The molecule has 0 N–H and O–H groups in total. The lowest BCUT2D eigenvalue weighted by Gasteiger charge is -2.19. The van der Waals surface area contributed by atoms with Gasteiger partial charge in [-0.2, -0.15) is 0 Å². The van der Waals surface area contributed by atoms with Gasteiger partial charge in [0.2, 0.25) is 0 Å². The van der Waals surface area contributed by atoms with E-state index in [-0.39, 0.29) is 11.2 Å². The standard InChI is InChI=1S/C9H15NO2/c1-6-7(2)10(9(3,4)5)12-8(6)11/h1-5H3. The lowest BCUT2D eigenvalue weighted by atomic mass is 10.1. The van der Waals surface area contributed by atoms with Crippen LogP contribution in [0.3, 0.4) is 0 Å². The van der Waals surface area contributed by atoms with Crippen LogP contribution in [0.4, 0.5) is 0 Å². The summed E-state index contributed by atoms with van der Waals surface area (Å²) in [6.07, 6.45) is 0. The molecule has 0 bridgehead atoms. The van der Waals surface area contributed by atoms with Crippen LogP contribution in [0, 0.1) is 13.8 Å². The van der Waals surface area contributed by atoms with Gasteiger partial charge in [0.25, 0.3) is 0 Å². The van der Waals surface area contributed by atoms with Crippen LogP contribution in [0.5, 0.6) is 0 Å². The minimum absolute atomic E-state index is 0.155. The van der Waals surface area contributed by atoms with Gasteiger partial charge in [0.1, 0.15) is 0 Å². The average molecular weight is 169 g/mol. The summed E-state index contributed by atoms with van der Waals surface area (Å²) in [5, 5.41) is 0. The normalized spacial score (nSPS) is 12.1. The quantitative estimate of drug-likeness (QED) is 0.593. The van der Waals surface area contributed by atoms with Gasteiger partial charge in [0, 0.05) is 0 Å². The highest BCUT2D eigenvalue weighted by Crippen LogP contribution is 2.16. The van der Waals surface area contributed by atoms with Crippen molar-refractivity contribution in [1.82, 2.24) is 4.74 Å². The van der Waals surface area contributed by atoms with Gasteiger partial charge in [-0.05, 0) is 34.6 Å². The van der Waals surface area contributed by atoms with Crippen molar-refractivity contribution in [2.75, 3.05) is 0 Å². The fourth-order valence-corrected chi connectivity index (χ4v) is 1.16. The lowest BCUT2D eigenvalue weighted by Crippen LogP contribution is -2.22. The predicted octanol–water partition coefficient (Wildman–Crippen LogP) is 1.81. The Hall–Kier alpha value is -0.990. The smallest absolute Gasteiger partial charge is 0.335 e. The first-order chi connectivity index (χ1) is 5.34. The Bertz CT molecular complexity index is 338. The first-order valence-corrected chi connectivity index (χ1v) is 4.04. The van der Waals surface area contributed by atoms with Crippen LogP contribution in [0.2, 0.25) is 0 Å². The molecule has 0 saturated carbocycles. The molecule has 0 atom stereocenters. The van der Waals surface area contributed by atoms with Crippen molar-refractivity contribution < 1.29 is 4.52 Å². The Morgan fingerprint density at radius 3 is 1.92 bits per heavy atom. The summed E-state index contributed by atoms with van der Waals surface area (Å²) in [6, 6.07) is 0. The van der Waals surface area contributed by atoms with E-state index in [0.717, 1.165) is 5.69 Å². The molecule has 0 amide bonds. The maximum atomic E-state index is 11.1. The third kappa shape index (κ3) is 1.31. The molecular formula is C9H15NO2. The van der Waals surface area contributed by atoms with E-state index in [9.17, 15) is 4.79 Å². The molecule has 1 aromatic heterocycles. The number of hydrogen-bond acceptors (Lipinski definition) is 2. The van der Waals surface area contributed by atoms with E-state index in [2.05, 4.69) is 0 Å². The van der Waals surface area contributed by atoms with Gasteiger partial charge in [-0.15, -0.1) is 0 Å². The van der Waals surface area contributed by atoms with Gasteiger partial charge in [-0.25, -0.2) is 9.53 Å². The number of hydrogen-bond donors (Lipinski definition) is 0.